The summed E-state index contributed by atoms with van der Waals surface area (Å²) in [6, 6.07) is 4.68. The van der Waals surface area contributed by atoms with E-state index in [-0.39, 0.29) is 37.6 Å². The van der Waals surface area contributed by atoms with Gasteiger partial charge < -0.3 is 34.3 Å². The summed E-state index contributed by atoms with van der Waals surface area (Å²) in [7, 11) is 3.91. The van der Waals surface area contributed by atoms with Crippen LogP contribution in [0, 0.1) is 0 Å². The van der Waals surface area contributed by atoms with Crippen molar-refractivity contribution in [1.82, 2.24) is 4.90 Å². The number of rotatable bonds is 9. The van der Waals surface area contributed by atoms with Gasteiger partial charge >= 0.3 is 11.9 Å². The third kappa shape index (κ3) is 4.71. The molecule has 1 aliphatic heterocycles. The van der Waals surface area contributed by atoms with Crippen molar-refractivity contribution in [2.75, 3.05) is 52.9 Å². The largest absolute Gasteiger partial charge is 0.495 e. The van der Waals surface area contributed by atoms with Crippen molar-refractivity contribution in [3.8, 4) is 11.5 Å². The van der Waals surface area contributed by atoms with Crippen LogP contribution >= 0.6 is 0 Å². The highest BCUT2D eigenvalue weighted by atomic mass is 16.6. The average molecular weight is 394 g/mol. The molecule has 0 bridgehead atoms. The lowest BCUT2D eigenvalue weighted by Gasteiger charge is -2.16. The van der Waals surface area contributed by atoms with E-state index in [4.69, 9.17) is 19.3 Å². The maximum atomic E-state index is 12.6. The third-order valence-corrected chi connectivity index (χ3v) is 3.97. The zero-order valence-corrected chi connectivity index (χ0v) is 15.8. The van der Waals surface area contributed by atoms with Crippen LogP contribution in [0.25, 0.3) is 0 Å². The first-order valence-electron chi connectivity index (χ1n) is 8.31. The highest BCUT2D eigenvalue weighted by Gasteiger charge is 2.34. The van der Waals surface area contributed by atoms with Gasteiger partial charge in [-0.3, -0.25) is 4.79 Å². The predicted octanol–water partition coefficient (Wildman–Crippen LogP) is -0.0795. The maximum absolute atomic E-state index is 12.6. The minimum Gasteiger partial charge on any atom is -0.495 e. The lowest BCUT2D eigenvalue weighted by atomic mass is 10.2. The smallest absolute Gasteiger partial charge is 0.343 e. The fourth-order valence-corrected chi connectivity index (χ4v) is 2.56. The van der Waals surface area contributed by atoms with Crippen LogP contribution in [-0.4, -0.2) is 75.5 Å². The molecule has 0 saturated carbocycles. The Morgan fingerprint density at radius 1 is 1.21 bits per heavy atom. The molecule has 0 aliphatic carbocycles. The summed E-state index contributed by atoms with van der Waals surface area (Å²) in [6.45, 7) is -0.450. The van der Waals surface area contributed by atoms with Crippen LogP contribution < -0.4 is 14.8 Å². The van der Waals surface area contributed by atoms with E-state index < -0.39 is 17.8 Å². The Morgan fingerprint density at radius 2 is 1.96 bits per heavy atom. The van der Waals surface area contributed by atoms with Crippen LogP contribution in [0.2, 0.25) is 0 Å². The molecule has 0 radical (unpaired) electrons. The summed E-state index contributed by atoms with van der Waals surface area (Å²) in [5, 5.41) is 12.0. The van der Waals surface area contributed by atoms with Gasteiger partial charge in [0.05, 0.1) is 45.7 Å². The number of benzene rings is 1. The molecular weight excluding hydrogens is 372 g/mol. The molecule has 0 aromatic heterocycles. The van der Waals surface area contributed by atoms with E-state index in [1.54, 1.807) is 12.1 Å². The molecule has 1 aromatic carbocycles. The number of aliphatic hydroxyl groups excluding tert-OH is 1. The number of hydrogen-bond acceptors (Lipinski definition) is 9. The molecule has 152 valence electrons. The van der Waals surface area contributed by atoms with Crippen LogP contribution in [0.4, 0.5) is 5.69 Å². The van der Waals surface area contributed by atoms with Gasteiger partial charge in [0.25, 0.3) is 5.91 Å². The number of nitrogens with zero attached hydrogens (tertiary/aromatic N) is 1. The molecule has 2 N–H and O–H groups in total. The number of ether oxygens (including phenoxy) is 4. The van der Waals surface area contributed by atoms with Crippen LogP contribution in [0.1, 0.15) is 0 Å². The first kappa shape index (κ1) is 21.0. The number of esters is 2. The second kappa shape index (κ2) is 9.60. The highest BCUT2D eigenvalue weighted by Crippen LogP contribution is 2.32. The number of anilines is 1. The van der Waals surface area contributed by atoms with Gasteiger partial charge in [-0.1, -0.05) is 0 Å². The molecule has 1 amide bonds. The highest BCUT2D eigenvalue weighted by molar-refractivity contribution is 6.08. The van der Waals surface area contributed by atoms with Crippen molar-refractivity contribution < 1.29 is 38.4 Å². The lowest BCUT2D eigenvalue weighted by molar-refractivity contribution is -0.143. The number of β-amino-alcohol motifs (C(OH)–C–C–N with tert-alkyl or cyclic N) is 1. The Kier molecular flexibility index (Phi) is 7.21. The van der Waals surface area contributed by atoms with Crippen molar-refractivity contribution in [3.05, 3.63) is 29.5 Å². The summed E-state index contributed by atoms with van der Waals surface area (Å²) in [4.78, 5) is 37.3. The van der Waals surface area contributed by atoms with E-state index in [0.717, 1.165) is 0 Å². The molecule has 0 spiro atoms. The number of methoxy groups -OCH3 is 3. The van der Waals surface area contributed by atoms with E-state index in [0.29, 0.717) is 17.2 Å². The van der Waals surface area contributed by atoms with Crippen LogP contribution in [0.15, 0.2) is 29.5 Å². The first-order chi connectivity index (χ1) is 13.4. The van der Waals surface area contributed by atoms with E-state index in [1.807, 2.05) is 0 Å². The molecule has 0 unspecified atom stereocenters. The number of hydrogen-bond donors (Lipinski definition) is 2. The summed E-state index contributed by atoms with van der Waals surface area (Å²) in [5.74, 6) is -0.959. The zero-order valence-electron chi connectivity index (χ0n) is 15.8. The lowest BCUT2D eigenvalue weighted by Crippen LogP contribution is -2.31. The zero-order chi connectivity index (χ0) is 20.7. The predicted molar refractivity (Wildman–Crippen MR) is 96.8 cm³/mol. The van der Waals surface area contributed by atoms with Crippen molar-refractivity contribution >= 4 is 23.5 Å². The molecule has 10 nitrogen and oxygen atoms in total. The standard InChI is InChI=1S/C18H22N2O8/c1-25-14-5-4-11(28-10-15(22)26-2)8-13(14)19-16-12(18(24)27-3)9-20(6-7-21)17(16)23/h4-5,8,19,21H,6-7,9-10H2,1-3H3. The van der Waals surface area contributed by atoms with Gasteiger partial charge in [0.2, 0.25) is 0 Å². The molecule has 2 rings (SSSR count). The van der Waals surface area contributed by atoms with Gasteiger partial charge in [0.1, 0.15) is 17.2 Å². The molecule has 0 saturated heterocycles. The van der Waals surface area contributed by atoms with Gasteiger partial charge in [-0.25, -0.2) is 9.59 Å². The normalized spacial score (nSPS) is 13.4. The summed E-state index contributed by atoms with van der Waals surface area (Å²) >= 11 is 0. The third-order valence-electron chi connectivity index (χ3n) is 3.97. The molecule has 1 aromatic rings. The van der Waals surface area contributed by atoms with E-state index >= 15 is 0 Å². The molecule has 0 atom stereocenters. The fourth-order valence-electron chi connectivity index (χ4n) is 2.56. The number of amides is 1. The van der Waals surface area contributed by atoms with Gasteiger partial charge in [0.15, 0.2) is 6.61 Å². The quantitative estimate of drug-likeness (QED) is 0.554. The van der Waals surface area contributed by atoms with Gasteiger partial charge in [-0.2, -0.15) is 0 Å². The van der Waals surface area contributed by atoms with Crippen molar-refractivity contribution in [3.63, 3.8) is 0 Å². The Hall–Kier alpha value is -3.27. The molecule has 1 heterocycles. The van der Waals surface area contributed by atoms with Gasteiger partial charge in [-0.15, -0.1) is 0 Å². The summed E-state index contributed by atoms with van der Waals surface area (Å²) in [5.41, 5.74) is 0.494. The van der Waals surface area contributed by atoms with Crippen molar-refractivity contribution in [1.29, 1.82) is 0 Å². The van der Waals surface area contributed by atoms with Gasteiger partial charge in [0, 0.05) is 12.6 Å². The van der Waals surface area contributed by atoms with Gasteiger partial charge in [-0.05, 0) is 12.1 Å². The Balaban J connectivity index is 2.33. The van der Waals surface area contributed by atoms with Crippen LogP contribution in [0.3, 0.4) is 0 Å². The minimum atomic E-state index is -0.659. The number of aliphatic hydroxyl groups is 1. The Morgan fingerprint density at radius 3 is 2.57 bits per heavy atom. The van der Waals surface area contributed by atoms with E-state index in [2.05, 4.69) is 10.1 Å². The SMILES string of the molecule is COC(=O)COc1ccc(OC)c(NC2=C(C(=O)OC)CN(CCO)C2=O)c1. The van der Waals surface area contributed by atoms with Crippen molar-refractivity contribution in [2.45, 2.75) is 0 Å². The average Bonchev–Trinajstić information content (AvgIpc) is 3.01. The molecule has 10 heteroatoms. The molecular formula is C18H22N2O8. The second-order valence-electron chi connectivity index (χ2n) is 5.65. The fraction of sp³-hybridized carbons (Fsp3) is 0.389. The summed E-state index contributed by atoms with van der Waals surface area (Å²) < 4.78 is 19.9. The monoisotopic (exact) mass is 394 g/mol. The second-order valence-corrected chi connectivity index (χ2v) is 5.65. The first-order valence-corrected chi connectivity index (χ1v) is 8.31. The number of carbonyl (C=O) groups excluding carboxylic acids is 3. The molecule has 1 aliphatic rings. The number of nitrogens with one attached hydrogen (secondary N) is 1. The van der Waals surface area contributed by atoms with E-state index in [1.165, 1.54) is 32.3 Å². The van der Waals surface area contributed by atoms with Crippen LogP contribution in [-0.2, 0) is 23.9 Å². The Bertz CT molecular complexity index is 790. The van der Waals surface area contributed by atoms with Crippen molar-refractivity contribution in [2.24, 2.45) is 0 Å². The maximum Gasteiger partial charge on any atom is 0.343 e. The minimum absolute atomic E-state index is 0.00917. The Labute approximate surface area is 161 Å². The molecule has 28 heavy (non-hydrogen) atoms. The molecule has 0 fully saturated rings. The summed E-state index contributed by atoms with van der Waals surface area (Å²) in [6.07, 6.45) is 0. The number of carbonyl (C=O) groups is 3. The topological polar surface area (TPSA) is 124 Å². The van der Waals surface area contributed by atoms with E-state index in [9.17, 15) is 14.4 Å². The van der Waals surface area contributed by atoms with Crippen LogP contribution in [0.5, 0.6) is 11.5 Å².